The zero-order valence-electron chi connectivity index (χ0n) is 17.2. The molecule has 0 radical (unpaired) electrons. The van der Waals surface area contributed by atoms with Gasteiger partial charge in [0.05, 0.1) is 0 Å². The van der Waals surface area contributed by atoms with Gasteiger partial charge in [-0.15, -0.1) is 13.2 Å². The minimum Gasteiger partial charge on any atom is -0.444 e. The van der Waals surface area contributed by atoms with Gasteiger partial charge in [-0.3, -0.25) is 0 Å². The summed E-state index contributed by atoms with van der Waals surface area (Å²) in [5, 5.41) is 2.68. The van der Waals surface area contributed by atoms with Crippen molar-refractivity contribution in [2.24, 2.45) is 5.41 Å². The number of nitrogens with one attached hydrogen (secondary N) is 1. The Balaban J connectivity index is 1.44. The predicted molar refractivity (Wildman–Crippen MR) is 103 cm³/mol. The van der Waals surface area contributed by atoms with Gasteiger partial charge >= 0.3 is 18.5 Å². The molecule has 0 unspecified atom stereocenters. The number of benzene rings is 1. The molecule has 1 aromatic rings. The lowest BCUT2D eigenvalue weighted by molar-refractivity contribution is -0.274. The summed E-state index contributed by atoms with van der Waals surface area (Å²) in [6.07, 6.45) is -3.52. The standard InChI is InChI=1S/C20H26F3N3O4/c1-18(2,3)30-17(28)26-12-19(13-26)8-10-25(11-9-19)16(27)24-14-4-6-15(7-5-14)29-20(21,22)23/h4-7H,8-13H2,1-3H3,(H,24,27). The summed E-state index contributed by atoms with van der Waals surface area (Å²) >= 11 is 0. The first-order valence-corrected chi connectivity index (χ1v) is 9.74. The van der Waals surface area contributed by atoms with E-state index in [1.54, 1.807) is 9.80 Å². The number of alkyl halides is 3. The minimum absolute atomic E-state index is 0.0181. The van der Waals surface area contributed by atoms with Gasteiger partial charge in [0.2, 0.25) is 0 Å². The molecular weight excluding hydrogens is 403 g/mol. The summed E-state index contributed by atoms with van der Waals surface area (Å²) in [5.74, 6) is -0.347. The third-order valence-electron chi connectivity index (χ3n) is 5.15. The number of piperidine rings is 1. The third-order valence-corrected chi connectivity index (χ3v) is 5.15. The molecule has 1 aromatic carbocycles. The molecule has 0 aliphatic carbocycles. The number of rotatable bonds is 2. The SMILES string of the molecule is CC(C)(C)OC(=O)N1CC2(CCN(C(=O)Nc3ccc(OC(F)(F)F)cc3)CC2)C1. The summed E-state index contributed by atoms with van der Waals surface area (Å²) in [6.45, 7) is 7.82. The molecule has 0 saturated carbocycles. The van der Waals surface area contributed by atoms with Gasteiger partial charge in [-0.2, -0.15) is 0 Å². The van der Waals surface area contributed by atoms with E-state index in [4.69, 9.17) is 4.74 Å². The Kier molecular flexibility index (Phi) is 5.79. The van der Waals surface area contributed by atoms with Crippen molar-refractivity contribution in [2.75, 3.05) is 31.5 Å². The molecule has 0 aromatic heterocycles. The first-order chi connectivity index (χ1) is 13.8. The largest absolute Gasteiger partial charge is 0.573 e. The van der Waals surface area contributed by atoms with Crippen molar-refractivity contribution < 1.29 is 32.2 Å². The number of halogens is 3. The average molecular weight is 429 g/mol. The van der Waals surface area contributed by atoms with Crippen LogP contribution in [0.5, 0.6) is 5.75 Å². The highest BCUT2D eigenvalue weighted by Gasteiger charge is 2.48. The molecule has 166 valence electrons. The van der Waals surface area contributed by atoms with Crippen molar-refractivity contribution in [2.45, 2.75) is 45.6 Å². The molecule has 1 N–H and O–H groups in total. The first kappa shape index (κ1) is 22.0. The lowest BCUT2D eigenvalue weighted by Crippen LogP contribution is -2.63. The van der Waals surface area contributed by atoms with E-state index in [2.05, 4.69) is 10.1 Å². The van der Waals surface area contributed by atoms with Crippen LogP contribution in [0, 0.1) is 5.41 Å². The molecule has 2 heterocycles. The highest BCUT2D eigenvalue weighted by Crippen LogP contribution is 2.41. The van der Waals surface area contributed by atoms with Gasteiger partial charge < -0.3 is 24.6 Å². The molecule has 2 saturated heterocycles. The van der Waals surface area contributed by atoms with Gasteiger partial charge in [-0.05, 0) is 57.9 Å². The second kappa shape index (κ2) is 7.88. The molecule has 0 bridgehead atoms. The van der Waals surface area contributed by atoms with Crippen LogP contribution >= 0.6 is 0 Å². The maximum atomic E-state index is 12.4. The van der Waals surface area contributed by atoms with Crippen molar-refractivity contribution >= 4 is 17.8 Å². The third kappa shape index (κ3) is 5.70. The molecule has 10 heteroatoms. The van der Waals surface area contributed by atoms with Crippen molar-refractivity contribution in [1.29, 1.82) is 0 Å². The summed E-state index contributed by atoms with van der Waals surface area (Å²) in [6, 6.07) is 4.70. The summed E-state index contributed by atoms with van der Waals surface area (Å²) in [5.41, 5.74) is -0.127. The van der Waals surface area contributed by atoms with E-state index in [-0.39, 0.29) is 23.3 Å². The van der Waals surface area contributed by atoms with Crippen molar-refractivity contribution in [3.63, 3.8) is 0 Å². The van der Waals surface area contributed by atoms with E-state index in [1.165, 1.54) is 12.1 Å². The predicted octanol–water partition coefficient (Wildman–Crippen LogP) is 4.45. The first-order valence-electron chi connectivity index (χ1n) is 9.74. The van der Waals surface area contributed by atoms with Gasteiger partial charge in [0.1, 0.15) is 11.4 Å². The molecular formula is C20H26F3N3O4. The van der Waals surface area contributed by atoms with Crippen LogP contribution in [0.2, 0.25) is 0 Å². The van der Waals surface area contributed by atoms with Crippen LogP contribution in [0.1, 0.15) is 33.6 Å². The molecule has 0 atom stereocenters. The van der Waals surface area contributed by atoms with Crippen LogP contribution in [0.3, 0.4) is 0 Å². The monoisotopic (exact) mass is 429 g/mol. The Labute approximate surface area is 173 Å². The quantitative estimate of drug-likeness (QED) is 0.754. The molecule has 30 heavy (non-hydrogen) atoms. The number of ether oxygens (including phenoxy) is 2. The van der Waals surface area contributed by atoms with Crippen LogP contribution in [0.4, 0.5) is 28.4 Å². The summed E-state index contributed by atoms with van der Waals surface area (Å²) in [4.78, 5) is 27.9. The number of carbonyl (C=O) groups is 2. The molecule has 2 aliphatic rings. The number of nitrogens with zero attached hydrogens (tertiary/aromatic N) is 2. The lowest BCUT2D eigenvalue weighted by atomic mass is 9.72. The Hall–Kier alpha value is -2.65. The zero-order valence-corrected chi connectivity index (χ0v) is 17.2. The molecule has 1 spiro atoms. The van der Waals surface area contributed by atoms with Crippen LogP contribution in [0.25, 0.3) is 0 Å². The number of amides is 3. The number of likely N-dealkylation sites (tertiary alicyclic amines) is 2. The number of hydrogen-bond acceptors (Lipinski definition) is 4. The van der Waals surface area contributed by atoms with Crippen LogP contribution in [0.15, 0.2) is 24.3 Å². The Morgan fingerprint density at radius 3 is 2.07 bits per heavy atom. The second-order valence-electron chi connectivity index (χ2n) is 8.83. The van der Waals surface area contributed by atoms with E-state index >= 15 is 0 Å². The molecule has 3 rings (SSSR count). The smallest absolute Gasteiger partial charge is 0.444 e. The molecule has 2 fully saturated rings. The minimum atomic E-state index is -4.75. The topological polar surface area (TPSA) is 71.1 Å². The molecule has 7 nitrogen and oxygen atoms in total. The number of carbonyl (C=O) groups excluding carboxylic acids is 2. The summed E-state index contributed by atoms with van der Waals surface area (Å²) in [7, 11) is 0. The normalized spacial score (nSPS) is 18.6. The summed E-state index contributed by atoms with van der Waals surface area (Å²) < 4.78 is 45.8. The van der Waals surface area contributed by atoms with Crippen LogP contribution < -0.4 is 10.1 Å². The van der Waals surface area contributed by atoms with Crippen molar-refractivity contribution in [3.8, 4) is 5.75 Å². The number of hydrogen-bond donors (Lipinski definition) is 1. The maximum absolute atomic E-state index is 12.4. The number of anilines is 1. The maximum Gasteiger partial charge on any atom is 0.573 e. The van der Waals surface area contributed by atoms with E-state index < -0.39 is 12.0 Å². The molecule has 2 aliphatic heterocycles. The highest BCUT2D eigenvalue weighted by atomic mass is 19.4. The lowest BCUT2D eigenvalue weighted by Gasteiger charge is -2.53. The Morgan fingerprint density at radius 2 is 1.57 bits per heavy atom. The van der Waals surface area contributed by atoms with Crippen LogP contribution in [-0.2, 0) is 4.74 Å². The van der Waals surface area contributed by atoms with Crippen molar-refractivity contribution in [1.82, 2.24) is 9.80 Å². The second-order valence-corrected chi connectivity index (χ2v) is 8.83. The van der Waals surface area contributed by atoms with E-state index in [0.717, 1.165) is 25.0 Å². The Morgan fingerprint density at radius 1 is 1.00 bits per heavy atom. The highest BCUT2D eigenvalue weighted by molar-refractivity contribution is 5.89. The van der Waals surface area contributed by atoms with Crippen LogP contribution in [-0.4, -0.2) is 60.1 Å². The van der Waals surface area contributed by atoms with Gasteiger partial charge in [-0.1, -0.05) is 0 Å². The fourth-order valence-corrected chi connectivity index (χ4v) is 3.66. The number of urea groups is 1. The fraction of sp³-hybridized carbons (Fsp3) is 0.600. The van der Waals surface area contributed by atoms with E-state index in [0.29, 0.717) is 31.9 Å². The van der Waals surface area contributed by atoms with E-state index in [9.17, 15) is 22.8 Å². The average Bonchev–Trinajstić information content (AvgIpc) is 2.58. The van der Waals surface area contributed by atoms with Crippen molar-refractivity contribution in [3.05, 3.63) is 24.3 Å². The zero-order chi connectivity index (χ0) is 22.2. The molecule has 3 amide bonds. The fourth-order valence-electron chi connectivity index (χ4n) is 3.66. The van der Waals surface area contributed by atoms with Gasteiger partial charge in [0.25, 0.3) is 0 Å². The van der Waals surface area contributed by atoms with E-state index in [1.807, 2.05) is 20.8 Å². The van der Waals surface area contributed by atoms with Gasteiger partial charge in [0.15, 0.2) is 0 Å². The van der Waals surface area contributed by atoms with Gasteiger partial charge in [-0.25, -0.2) is 9.59 Å². The Bertz CT molecular complexity index is 774. The van der Waals surface area contributed by atoms with Gasteiger partial charge in [0, 0.05) is 37.3 Å².